The molecule has 0 aromatic heterocycles. The molecule has 5 nitrogen and oxygen atoms in total. The van der Waals surface area contributed by atoms with Crippen LogP contribution >= 0.6 is 0 Å². The number of hydrogen-bond acceptors (Lipinski definition) is 2. The molecule has 2 atom stereocenters. The third kappa shape index (κ3) is 4.11. The first-order valence-electron chi connectivity index (χ1n) is 8.85. The third-order valence-corrected chi connectivity index (χ3v) is 4.79. The van der Waals surface area contributed by atoms with Crippen LogP contribution < -0.4 is 5.32 Å². The number of urea groups is 1. The number of piperidine rings is 2. The van der Waals surface area contributed by atoms with Crippen molar-refractivity contribution in [1.82, 2.24) is 15.1 Å². The highest BCUT2D eigenvalue weighted by Gasteiger charge is 2.43. The van der Waals surface area contributed by atoms with Gasteiger partial charge in [-0.1, -0.05) is 12.1 Å². The topological polar surface area (TPSA) is 52.7 Å². The number of benzene rings is 1. The molecular weight excluding hydrogens is 321 g/mol. The van der Waals surface area contributed by atoms with E-state index in [0.717, 1.165) is 18.4 Å². The predicted molar refractivity (Wildman–Crippen MR) is 93.3 cm³/mol. The van der Waals surface area contributed by atoms with Crippen molar-refractivity contribution in [2.45, 2.75) is 51.7 Å². The lowest BCUT2D eigenvalue weighted by molar-refractivity contribution is -0.144. The lowest BCUT2D eigenvalue weighted by Crippen LogP contribution is -2.62. The molecule has 2 saturated heterocycles. The Labute approximate surface area is 148 Å². The summed E-state index contributed by atoms with van der Waals surface area (Å²) in [4.78, 5) is 28.9. The van der Waals surface area contributed by atoms with Gasteiger partial charge in [0.2, 0.25) is 5.91 Å². The molecule has 0 saturated carbocycles. The maximum atomic E-state index is 13.4. The van der Waals surface area contributed by atoms with E-state index in [1.54, 1.807) is 15.9 Å². The number of rotatable bonds is 2. The van der Waals surface area contributed by atoms with E-state index in [4.69, 9.17) is 0 Å². The number of hydrogen-bond donors (Lipinski definition) is 1. The Morgan fingerprint density at radius 2 is 2.12 bits per heavy atom. The molecule has 1 N–H and O–H groups in total. The van der Waals surface area contributed by atoms with Crippen molar-refractivity contribution in [2.24, 2.45) is 5.92 Å². The van der Waals surface area contributed by atoms with Crippen molar-refractivity contribution in [2.75, 3.05) is 13.1 Å². The Kier molecular flexibility index (Phi) is 4.71. The van der Waals surface area contributed by atoms with Gasteiger partial charge in [0.25, 0.3) is 0 Å². The smallest absolute Gasteiger partial charge is 0.318 e. The Morgan fingerprint density at radius 1 is 1.36 bits per heavy atom. The molecule has 3 amide bonds. The van der Waals surface area contributed by atoms with Crippen LogP contribution in [0.15, 0.2) is 24.3 Å². The average Bonchev–Trinajstić information content (AvgIpc) is 2.51. The summed E-state index contributed by atoms with van der Waals surface area (Å²) in [6.07, 6.45) is 1.61. The molecule has 2 fully saturated rings. The quantitative estimate of drug-likeness (QED) is 0.894. The molecule has 2 aliphatic heterocycles. The van der Waals surface area contributed by atoms with Crippen molar-refractivity contribution in [1.29, 1.82) is 0 Å². The fourth-order valence-corrected chi connectivity index (χ4v) is 3.68. The maximum Gasteiger partial charge on any atom is 0.318 e. The number of amides is 3. The summed E-state index contributed by atoms with van der Waals surface area (Å²) >= 11 is 0. The van der Waals surface area contributed by atoms with Gasteiger partial charge in [-0.3, -0.25) is 4.79 Å². The monoisotopic (exact) mass is 347 g/mol. The van der Waals surface area contributed by atoms with Gasteiger partial charge in [0.05, 0.1) is 0 Å². The largest absolute Gasteiger partial charge is 0.336 e. The van der Waals surface area contributed by atoms with Crippen molar-refractivity contribution in [3.63, 3.8) is 0 Å². The Balaban J connectivity index is 1.73. The van der Waals surface area contributed by atoms with Gasteiger partial charge in [0.15, 0.2) is 0 Å². The van der Waals surface area contributed by atoms with Crippen LogP contribution in [0.3, 0.4) is 0 Å². The fraction of sp³-hybridized carbons (Fsp3) is 0.579. The van der Waals surface area contributed by atoms with Gasteiger partial charge in [-0.2, -0.15) is 0 Å². The maximum absolute atomic E-state index is 13.4. The van der Waals surface area contributed by atoms with E-state index in [1.165, 1.54) is 12.1 Å². The lowest BCUT2D eigenvalue weighted by atomic mass is 9.86. The highest BCUT2D eigenvalue weighted by Crippen LogP contribution is 2.31. The van der Waals surface area contributed by atoms with E-state index in [2.05, 4.69) is 5.32 Å². The summed E-state index contributed by atoms with van der Waals surface area (Å²) in [5.74, 6) is 0.0625. The zero-order valence-electron chi connectivity index (χ0n) is 15.1. The molecule has 25 heavy (non-hydrogen) atoms. The van der Waals surface area contributed by atoms with E-state index in [-0.39, 0.29) is 23.3 Å². The summed E-state index contributed by atoms with van der Waals surface area (Å²) in [7, 11) is 0. The van der Waals surface area contributed by atoms with Crippen LogP contribution in [0.4, 0.5) is 9.18 Å². The van der Waals surface area contributed by atoms with Gasteiger partial charge in [-0.25, -0.2) is 9.18 Å². The minimum Gasteiger partial charge on any atom is -0.336 e. The molecule has 3 rings (SSSR count). The lowest BCUT2D eigenvalue weighted by Gasteiger charge is -2.46. The molecule has 0 unspecified atom stereocenters. The minimum absolute atomic E-state index is 0.0377. The van der Waals surface area contributed by atoms with Gasteiger partial charge in [0, 0.05) is 25.2 Å². The molecule has 1 aromatic carbocycles. The van der Waals surface area contributed by atoms with Crippen LogP contribution in [0.1, 0.15) is 39.2 Å². The van der Waals surface area contributed by atoms with Crippen LogP contribution in [0.5, 0.6) is 0 Å². The molecule has 0 aliphatic carbocycles. The van der Waals surface area contributed by atoms with Gasteiger partial charge >= 0.3 is 6.03 Å². The first kappa shape index (κ1) is 17.7. The number of carbonyl (C=O) groups excluding carboxylic acids is 2. The second kappa shape index (κ2) is 6.65. The minimum atomic E-state index is -0.414. The predicted octanol–water partition coefficient (Wildman–Crippen LogP) is 2.76. The standard InChI is InChI=1S/C19H26FN3O2/c1-19(2,3)21-18(25)23-8-7-14-10-16(23)17(24)22(12-14)11-13-5-4-6-15(20)9-13/h4-6,9,14,16H,7-8,10-12H2,1-3H3,(H,21,25)/t14-,16+/m0/s1. The van der Waals surface area contributed by atoms with Crippen molar-refractivity contribution >= 4 is 11.9 Å². The van der Waals surface area contributed by atoms with E-state index in [0.29, 0.717) is 25.6 Å². The van der Waals surface area contributed by atoms with Crippen LogP contribution in [0, 0.1) is 11.7 Å². The molecule has 6 heteroatoms. The number of carbonyl (C=O) groups is 2. The summed E-state index contributed by atoms with van der Waals surface area (Å²) in [6, 6.07) is 5.74. The number of likely N-dealkylation sites (tertiary alicyclic amines) is 2. The number of halogens is 1. The average molecular weight is 347 g/mol. The number of nitrogens with one attached hydrogen (secondary N) is 1. The summed E-state index contributed by atoms with van der Waals surface area (Å²) in [5.41, 5.74) is 0.436. The van der Waals surface area contributed by atoms with E-state index >= 15 is 0 Å². The molecule has 1 aromatic rings. The van der Waals surface area contributed by atoms with Gasteiger partial charge in [-0.15, -0.1) is 0 Å². The molecule has 2 heterocycles. The Hall–Kier alpha value is -2.11. The molecule has 0 spiro atoms. The van der Waals surface area contributed by atoms with Crippen molar-refractivity contribution < 1.29 is 14.0 Å². The van der Waals surface area contributed by atoms with Crippen molar-refractivity contribution in [3.8, 4) is 0 Å². The van der Waals surface area contributed by atoms with Gasteiger partial charge in [-0.05, 0) is 57.2 Å². The number of fused-ring (bicyclic) bond motifs is 2. The zero-order valence-corrected chi connectivity index (χ0v) is 15.1. The first-order valence-corrected chi connectivity index (χ1v) is 8.85. The SMILES string of the molecule is CC(C)(C)NC(=O)N1CC[C@H]2C[C@@H]1C(=O)N(Cc1cccc(F)c1)C2. The molecule has 0 radical (unpaired) electrons. The molecule has 2 bridgehead atoms. The van der Waals surface area contributed by atoms with Crippen LogP contribution in [0.2, 0.25) is 0 Å². The number of nitrogens with zero attached hydrogens (tertiary/aromatic N) is 2. The van der Waals surface area contributed by atoms with Crippen molar-refractivity contribution in [3.05, 3.63) is 35.6 Å². The Bertz CT molecular complexity index is 671. The van der Waals surface area contributed by atoms with Crippen LogP contribution in [-0.4, -0.2) is 46.4 Å². The first-order chi connectivity index (χ1) is 11.7. The fourth-order valence-electron chi connectivity index (χ4n) is 3.68. The molecular formula is C19H26FN3O2. The molecule has 136 valence electrons. The summed E-state index contributed by atoms with van der Waals surface area (Å²) in [6.45, 7) is 7.46. The third-order valence-electron chi connectivity index (χ3n) is 4.79. The Morgan fingerprint density at radius 3 is 2.80 bits per heavy atom. The highest BCUT2D eigenvalue weighted by atomic mass is 19.1. The second-order valence-corrected chi connectivity index (χ2v) is 8.13. The van der Waals surface area contributed by atoms with Crippen LogP contribution in [0.25, 0.3) is 0 Å². The van der Waals surface area contributed by atoms with Crippen LogP contribution in [-0.2, 0) is 11.3 Å². The van der Waals surface area contributed by atoms with E-state index < -0.39 is 6.04 Å². The van der Waals surface area contributed by atoms with Gasteiger partial charge < -0.3 is 15.1 Å². The van der Waals surface area contributed by atoms with E-state index in [9.17, 15) is 14.0 Å². The second-order valence-electron chi connectivity index (χ2n) is 8.13. The van der Waals surface area contributed by atoms with E-state index in [1.807, 2.05) is 26.8 Å². The zero-order chi connectivity index (χ0) is 18.2. The van der Waals surface area contributed by atoms with Gasteiger partial charge in [0.1, 0.15) is 11.9 Å². The summed E-state index contributed by atoms with van der Waals surface area (Å²) in [5, 5.41) is 2.95. The summed E-state index contributed by atoms with van der Waals surface area (Å²) < 4.78 is 13.4. The highest BCUT2D eigenvalue weighted by molar-refractivity contribution is 5.88. The molecule has 2 aliphatic rings. The normalized spacial score (nSPS) is 23.6.